The Bertz CT molecular complexity index is 2010. The summed E-state index contributed by atoms with van der Waals surface area (Å²) in [5, 5.41) is 5.85. The molecule has 2 aromatic carbocycles. The predicted molar refractivity (Wildman–Crippen MR) is 213 cm³/mol. The van der Waals surface area contributed by atoms with E-state index in [9.17, 15) is 9.59 Å². The number of amides is 2. The molecule has 4 heterocycles. The van der Waals surface area contributed by atoms with Gasteiger partial charge in [-0.15, -0.1) is 0 Å². The third kappa shape index (κ3) is 8.52. The van der Waals surface area contributed by atoms with Crippen LogP contribution in [0.25, 0.3) is 23.3 Å². The van der Waals surface area contributed by atoms with Gasteiger partial charge in [0.05, 0.1) is 31.1 Å². The van der Waals surface area contributed by atoms with Crippen LogP contribution in [0.1, 0.15) is 69.0 Å². The molecule has 0 saturated carbocycles. The summed E-state index contributed by atoms with van der Waals surface area (Å²) in [6, 6.07) is 11.3. The van der Waals surface area contributed by atoms with Crippen molar-refractivity contribution in [3.63, 3.8) is 0 Å². The summed E-state index contributed by atoms with van der Waals surface area (Å²) in [6.45, 7) is 10.6. The molecular weight excluding hydrogens is 652 g/mol. The molecule has 2 aromatic heterocycles. The smallest absolute Gasteiger partial charge is 0.256 e. The monoisotopic (exact) mass is 706 g/mol. The first-order valence-electron chi connectivity index (χ1n) is 17.9. The van der Waals surface area contributed by atoms with Gasteiger partial charge in [0, 0.05) is 45.7 Å². The van der Waals surface area contributed by atoms with E-state index < -0.39 is 0 Å². The number of aromatic nitrogens is 2. The Morgan fingerprint density at radius 1 is 0.615 bits per heavy atom. The van der Waals surface area contributed by atoms with Gasteiger partial charge in [0.15, 0.2) is 0 Å². The number of carbonyl (C=O) groups is 2. The van der Waals surface area contributed by atoms with Crippen LogP contribution in [0.2, 0.25) is 0 Å². The Labute approximate surface area is 308 Å². The van der Waals surface area contributed by atoms with E-state index in [-0.39, 0.29) is 11.8 Å². The minimum Gasteiger partial charge on any atom is -0.497 e. The van der Waals surface area contributed by atoms with Crippen molar-refractivity contribution in [2.24, 2.45) is 0 Å². The molecule has 0 unspecified atom stereocenters. The number of aryl methyl sites for hydroxylation is 2. The van der Waals surface area contributed by atoms with Crippen LogP contribution in [0, 0.1) is 27.7 Å². The molecule has 6 rings (SSSR count). The number of anilines is 2. The number of carbonyl (C=O) groups excluding carboxylic acids is 2. The highest BCUT2D eigenvalue weighted by atomic mass is 16.5. The van der Waals surface area contributed by atoms with Crippen LogP contribution in [-0.2, 0) is 22.4 Å². The van der Waals surface area contributed by atoms with Gasteiger partial charge in [-0.05, 0) is 159 Å². The number of methoxy groups -OCH3 is 2. The number of benzene rings is 2. The zero-order chi connectivity index (χ0) is 37.7. The van der Waals surface area contributed by atoms with Gasteiger partial charge in [-0.3, -0.25) is 9.59 Å². The van der Waals surface area contributed by atoms with Crippen LogP contribution >= 0.6 is 0 Å². The lowest BCUT2D eigenvalue weighted by atomic mass is 10.0. The van der Waals surface area contributed by atoms with Gasteiger partial charge < -0.3 is 39.9 Å². The highest BCUT2D eigenvalue weighted by Gasteiger charge is 2.27. The molecule has 0 bridgehead atoms. The van der Waals surface area contributed by atoms with Crippen LogP contribution in [0.3, 0.4) is 0 Å². The summed E-state index contributed by atoms with van der Waals surface area (Å²) in [5.74, 6) is 1.33. The molecule has 0 aliphatic carbocycles. The van der Waals surface area contributed by atoms with Crippen molar-refractivity contribution < 1.29 is 19.1 Å². The van der Waals surface area contributed by atoms with E-state index in [0.29, 0.717) is 11.1 Å². The van der Waals surface area contributed by atoms with Crippen molar-refractivity contribution in [2.45, 2.75) is 53.4 Å². The molecule has 52 heavy (non-hydrogen) atoms. The summed E-state index contributed by atoms with van der Waals surface area (Å²) >= 11 is 0. The first-order chi connectivity index (χ1) is 24.8. The molecule has 0 fully saturated rings. The van der Waals surface area contributed by atoms with Gasteiger partial charge >= 0.3 is 0 Å². The molecule has 10 nitrogen and oxygen atoms in total. The Kier molecular flexibility index (Phi) is 12.1. The molecule has 0 radical (unpaired) electrons. The Balaban J connectivity index is 0.000000201. The average molecular weight is 707 g/mol. The topological polar surface area (TPSA) is 115 Å². The molecule has 276 valence electrons. The van der Waals surface area contributed by atoms with Gasteiger partial charge in [0.2, 0.25) is 0 Å². The number of hydrogen-bond donors (Lipinski definition) is 4. The maximum atomic E-state index is 12.4. The number of aromatic amines is 2. The van der Waals surface area contributed by atoms with Crippen LogP contribution < -0.4 is 20.1 Å². The highest BCUT2D eigenvalue weighted by molar-refractivity contribution is 6.35. The molecule has 0 spiro atoms. The molecule has 4 N–H and O–H groups in total. The number of fused-ring (bicyclic) bond motifs is 2. The summed E-state index contributed by atoms with van der Waals surface area (Å²) in [4.78, 5) is 36.2. The molecule has 0 saturated heterocycles. The number of hydrogen-bond acceptors (Lipinski definition) is 6. The lowest BCUT2D eigenvalue weighted by molar-refractivity contribution is -0.111. The minimum atomic E-state index is -0.0749. The Hall–Kier alpha value is -5.06. The first-order valence-corrected chi connectivity index (χ1v) is 17.9. The van der Waals surface area contributed by atoms with E-state index in [0.717, 1.165) is 84.2 Å². The molecule has 0 atom stereocenters. The fourth-order valence-corrected chi connectivity index (χ4v) is 6.98. The van der Waals surface area contributed by atoms with Crippen molar-refractivity contribution in [3.05, 3.63) is 92.6 Å². The van der Waals surface area contributed by atoms with Gasteiger partial charge in [0.25, 0.3) is 11.8 Å². The maximum absolute atomic E-state index is 12.4. The van der Waals surface area contributed by atoms with Crippen LogP contribution in [-0.4, -0.2) is 87.1 Å². The average Bonchev–Trinajstić information content (AvgIpc) is 3.77. The normalized spacial score (nSPS) is 14.8. The second-order valence-electron chi connectivity index (χ2n) is 14.2. The minimum absolute atomic E-state index is 0.0749. The lowest BCUT2D eigenvalue weighted by Gasteiger charge is -2.09. The third-order valence-corrected chi connectivity index (χ3v) is 9.92. The van der Waals surface area contributed by atoms with Crippen molar-refractivity contribution >= 4 is 46.5 Å². The van der Waals surface area contributed by atoms with Crippen molar-refractivity contribution in [1.82, 2.24) is 19.8 Å². The second kappa shape index (κ2) is 16.5. The van der Waals surface area contributed by atoms with Gasteiger partial charge in [-0.25, -0.2) is 0 Å². The van der Waals surface area contributed by atoms with E-state index in [2.05, 4.69) is 86.3 Å². The van der Waals surface area contributed by atoms with Crippen molar-refractivity contribution in [1.29, 1.82) is 0 Å². The molecule has 2 aliphatic rings. The van der Waals surface area contributed by atoms with E-state index >= 15 is 0 Å². The second-order valence-corrected chi connectivity index (χ2v) is 14.2. The number of ether oxygens (including phenoxy) is 2. The van der Waals surface area contributed by atoms with Gasteiger partial charge in [-0.1, -0.05) is 0 Å². The number of rotatable bonds is 12. The zero-order valence-electron chi connectivity index (χ0n) is 32.4. The molecule has 4 aromatic rings. The number of H-pyrrole nitrogens is 2. The fraction of sp³-hybridized carbons (Fsp3) is 0.381. The number of nitrogens with one attached hydrogen (secondary N) is 4. The molecule has 2 aliphatic heterocycles. The Morgan fingerprint density at radius 2 is 1.08 bits per heavy atom. The lowest BCUT2D eigenvalue weighted by Crippen LogP contribution is -2.13. The van der Waals surface area contributed by atoms with Crippen LogP contribution in [0.5, 0.6) is 11.5 Å². The summed E-state index contributed by atoms with van der Waals surface area (Å²) < 4.78 is 10.5. The summed E-state index contributed by atoms with van der Waals surface area (Å²) in [7, 11) is 11.6. The SMILES string of the molecule is COc1ccc2c(c1)C(=Cc1[nH]c(C)c(CCCN(C)C)c1C)C(=O)N2.COc1ccc2c(c1)NC(=O)C2=Cc1[nH]c(C)c(CCCN(C)C)c1C. The van der Waals surface area contributed by atoms with Gasteiger partial charge in [-0.2, -0.15) is 0 Å². The Morgan fingerprint density at radius 3 is 1.58 bits per heavy atom. The number of nitrogens with zero attached hydrogens (tertiary/aromatic N) is 2. The fourth-order valence-electron chi connectivity index (χ4n) is 6.98. The highest BCUT2D eigenvalue weighted by Crippen LogP contribution is 2.38. The van der Waals surface area contributed by atoms with Crippen LogP contribution in [0.4, 0.5) is 11.4 Å². The van der Waals surface area contributed by atoms with E-state index in [1.165, 1.54) is 33.6 Å². The zero-order valence-corrected chi connectivity index (χ0v) is 32.4. The van der Waals surface area contributed by atoms with E-state index in [1.807, 2.05) is 48.6 Å². The van der Waals surface area contributed by atoms with Crippen molar-refractivity contribution in [3.8, 4) is 11.5 Å². The van der Waals surface area contributed by atoms with Crippen LogP contribution in [0.15, 0.2) is 36.4 Å². The predicted octanol–water partition coefficient (Wildman–Crippen LogP) is 7.25. The molecule has 2 amide bonds. The summed E-state index contributed by atoms with van der Waals surface area (Å²) in [5.41, 5.74) is 14.3. The van der Waals surface area contributed by atoms with E-state index in [4.69, 9.17) is 9.47 Å². The quantitative estimate of drug-likeness (QED) is 0.115. The van der Waals surface area contributed by atoms with Crippen molar-refractivity contribution in [2.75, 3.05) is 66.1 Å². The largest absolute Gasteiger partial charge is 0.497 e. The van der Waals surface area contributed by atoms with Gasteiger partial charge in [0.1, 0.15) is 11.5 Å². The standard InChI is InChI=1S/2C21H27N3O2/c1-13-16(7-6-10-24(3)4)14(2)22-20(13)12-18-17-11-15(26-5)8-9-19(17)23-21(18)25;1-13-16(7-6-10-24(3)4)14(2)22-19(13)12-18-17-9-8-15(26-5)11-20(17)23-21(18)25/h2*8-9,11-12,22H,6-7,10H2,1-5H3,(H,23,25). The molecule has 10 heteroatoms. The first kappa shape index (κ1) is 38.2. The maximum Gasteiger partial charge on any atom is 0.256 e. The molecular formula is C42H54N6O4. The third-order valence-electron chi connectivity index (χ3n) is 9.92. The summed E-state index contributed by atoms with van der Waals surface area (Å²) in [6.07, 6.45) is 8.22. The van der Waals surface area contributed by atoms with E-state index in [1.54, 1.807) is 14.2 Å².